The number of likely N-dealkylation sites (tertiary alicyclic amines) is 1. The second-order valence-corrected chi connectivity index (χ2v) is 7.58. The van der Waals surface area contributed by atoms with Gasteiger partial charge in [0.2, 0.25) is 5.91 Å². The van der Waals surface area contributed by atoms with Crippen LogP contribution in [0.5, 0.6) is 0 Å². The molecule has 0 bridgehead atoms. The van der Waals surface area contributed by atoms with Crippen LogP contribution in [-0.2, 0) is 11.2 Å². The minimum absolute atomic E-state index is 0.197. The van der Waals surface area contributed by atoms with Crippen LogP contribution < -0.4 is 0 Å². The van der Waals surface area contributed by atoms with E-state index < -0.39 is 0 Å². The summed E-state index contributed by atoms with van der Waals surface area (Å²) in [6.07, 6.45) is 8.35. The van der Waals surface area contributed by atoms with Gasteiger partial charge < -0.3 is 9.47 Å². The molecule has 29 heavy (non-hydrogen) atoms. The van der Waals surface area contributed by atoms with Crippen LogP contribution in [0.4, 0.5) is 0 Å². The Morgan fingerprint density at radius 2 is 1.62 bits per heavy atom. The highest BCUT2D eigenvalue weighted by Crippen LogP contribution is 2.27. The lowest BCUT2D eigenvalue weighted by Crippen LogP contribution is -2.39. The Bertz CT molecular complexity index is 1110. The largest absolute Gasteiger partial charge is 0.342 e. The zero-order valence-corrected chi connectivity index (χ0v) is 16.2. The van der Waals surface area contributed by atoms with Crippen molar-refractivity contribution >= 4 is 11.6 Å². The molecular weight excluding hydrogens is 362 g/mol. The molecule has 5 rings (SSSR count). The number of piperidine rings is 1. The van der Waals surface area contributed by atoms with Crippen molar-refractivity contribution in [2.24, 2.45) is 0 Å². The van der Waals surface area contributed by atoms with E-state index in [2.05, 4.69) is 31.3 Å². The fourth-order valence-corrected chi connectivity index (χ4v) is 4.10. The smallest absolute Gasteiger partial charge is 0.226 e. The van der Waals surface area contributed by atoms with Crippen LogP contribution in [-0.4, -0.2) is 43.1 Å². The van der Waals surface area contributed by atoms with Gasteiger partial charge in [-0.2, -0.15) is 0 Å². The van der Waals surface area contributed by atoms with Crippen LogP contribution >= 0.6 is 0 Å². The van der Waals surface area contributed by atoms with E-state index in [4.69, 9.17) is 0 Å². The molecule has 1 saturated heterocycles. The third-order valence-corrected chi connectivity index (χ3v) is 5.75. The van der Waals surface area contributed by atoms with Gasteiger partial charge in [-0.15, -0.1) is 10.2 Å². The highest BCUT2D eigenvalue weighted by atomic mass is 16.2. The molecule has 0 N–H and O–H groups in total. The summed E-state index contributed by atoms with van der Waals surface area (Å²) < 4.78 is 4.12. The van der Waals surface area contributed by atoms with Crippen molar-refractivity contribution in [3.8, 4) is 5.69 Å². The predicted octanol–water partition coefficient (Wildman–Crippen LogP) is 3.47. The maximum atomic E-state index is 12.8. The molecule has 4 aromatic rings. The van der Waals surface area contributed by atoms with Crippen LogP contribution in [0.2, 0.25) is 0 Å². The van der Waals surface area contributed by atoms with Gasteiger partial charge in [-0.25, -0.2) is 0 Å². The van der Waals surface area contributed by atoms with Crippen molar-refractivity contribution < 1.29 is 4.79 Å². The first kappa shape index (κ1) is 17.7. The number of hydrogen-bond acceptors (Lipinski definition) is 3. The number of aromatic nitrogens is 4. The average Bonchev–Trinajstić information content (AvgIpc) is 3.45. The molecule has 3 aromatic heterocycles. The number of fused-ring (bicyclic) bond motifs is 1. The van der Waals surface area contributed by atoms with Gasteiger partial charge in [0.05, 0.1) is 6.42 Å². The quantitative estimate of drug-likeness (QED) is 0.541. The van der Waals surface area contributed by atoms with Gasteiger partial charge in [-0.1, -0.05) is 18.2 Å². The topological polar surface area (TPSA) is 55.4 Å². The molecule has 0 aliphatic carbocycles. The summed E-state index contributed by atoms with van der Waals surface area (Å²) in [5.41, 5.74) is 3.04. The summed E-state index contributed by atoms with van der Waals surface area (Å²) in [7, 11) is 0. The number of pyridine rings is 1. The zero-order valence-electron chi connectivity index (χ0n) is 16.2. The van der Waals surface area contributed by atoms with Crippen molar-refractivity contribution in [1.29, 1.82) is 0 Å². The lowest BCUT2D eigenvalue weighted by Gasteiger charge is -2.31. The van der Waals surface area contributed by atoms with E-state index in [1.54, 1.807) is 0 Å². The van der Waals surface area contributed by atoms with Crippen LogP contribution in [0.25, 0.3) is 11.3 Å². The van der Waals surface area contributed by atoms with Gasteiger partial charge in [-0.3, -0.25) is 9.20 Å². The van der Waals surface area contributed by atoms with E-state index in [1.165, 1.54) is 0 Å². The molecule has 4 heterocycles. The van der Waals surface area contributed by atoms with E-state index in [0.717, 1.165) is 48.7 Å². The standard InChI is InChI=1S/C23H23N5O/c29-22(17-18-6-8-20(9-7-18)26-12-3-4-13-26)27-15-10-19(11-16-27)23-25-24-21-5-1-2-14-28(21)23/h1-9,12-14,19H,10-11,15-17H2. The number of hydrogen-bond donors (Lipinski definition) is 0. The number of carbonyl (C=O) groups excluding carboxylic acids is 1. The molecule has 0 radical (unpaired) electrons. The second-order valence-electron chi connectivity index (χ2n) is 7.58. The molecule has 1 aliphatic rings. The van der Waals surface area contributed by atoms with E-state index in [1.807, 2.05) is 66.0 Å². The first-order valence-electron chi connectivity index (χ1n) is 10.1. The van der Waals surface area contributed by atoms with Crippen LogP contribution in [0, 0.1) is 0 Å². The first-order valence-corrected chi connectivity index (χ1v) is 10.1. The van der Waals surface area contributed by atoms with Crippen molar-refractivity contribution in [3.05, 3.63) is 84.6 Å². The summed E-state index contributed by atoms with van der Waals surface area (Å²) in [6, 6.07) is 18.2. The highest BCUT2D eigenvalue weighted by Gasteiger charge is 2.26. The molecule has 0 saturated carbocycles. The summed E-state index contributed by atoms with van der Waals surface area (Å²) in [5.74, 6) is 1.55. The third kappa shape index (κ3) is 3.53. The Kier molecular flexibility index (Phi) is 4.60. The molecule has 1 aliphatic heterocycles. The molecule has 6 heteroatoms. The van der Waals surface area contributed by atoms with Gasteiger partial charge in [0.1, 0.15) is 5.82 Å². The Labute approximate surface area is 169 Å². The van der Waals surface area contributed by atoms with Crippen molar-refractivity contribution in [2.45, 2.75) is 25.2 Å². The normalized spacial score (nSPS) is 15.1. The third-order valence-electron chi connectivity index (χ3n) is 5.75. The Morgan fingerprint density at radius 3 is 2.38 bits per heavy atom. The number of rotatable bonds is 4. The molecule has 0 spiro atoms. The fraction of sp³-hybridized carbons (Fsp3) is 0.261. The molecule has 6 nitrogen and oxygen atoms in total. The Balaban J connectivity index is 1.20. The average molecular weight is 385 g/mol. The van der Waals surface area contributed by atoms with Crippen LogP contribution in [0.1, 0.15) is 30.1 Å². The summed E-state index contributed by atoms with van der Waals surface area (Å²) in [4.78, 5) is 14.8. The fourth-order valence-electron chi connectivity index (χ4n) is 4.10. The number of amides is 1. The summed E-state index contributed by atoms with van der Waals surface area (Å²) in [5, 5.41) is 8.65. The van der Waals surface area contributed by atoms with E-state index in [-0.39, 0.29) is 5.91 Å². The van der Waals surface area contributed by atoms with Gasteiger partial charge in [-0.05, 0) is 54.8 Å². The molecule has 1 aromatic carbocycles. The lowest BCUT2D eigenvalue weighted by molar-refractivity contribution is -0.131. The van der Waals surface area contributed by atoms with Crippen LogP contribution in [0.3, 0.4) is 0 Å². The first-order chi connectivity index (χ1) is 14.3. The molecule has 0 atom stereocenters. The molecule has 146 valence electrons. The highest BCUT2D eigenvalue weighted by molar-refractivity contribution is 5.79. The minimum Gasteiger partial charge on any atom is -0.342 e. The molecular formula is C23H23N5O. The maximum absolute atomic E-state index is 12.8. The van der Waals surface area contributed by atoms with E-state index in [0.29, 0.717) is 12.3 Å². The van der Waals surface area contributed by atoms with E-state index >= 15 is 0 Å². The SMILES string of the molecule is O=C(Cc1ccc(-n2cccc2)cc1)N1CCC(c2nnc3ccccn23)CC1. The molecule has 1 fully saturated rings. The van der Waals surface area contributed by atoms with Crippen molar-refractivity contribution in [1.82, 2.24) is 24.1 Å². The summed E-state index contributed by atoms with van der Waals surface area (Å²) >= 11 is 0. The molecule has 1 amide bonds. The zero-order chi connectivity index (χ0) is 19.6. The number of nitrogens with zero attached hydrogens (tertiary/aromatic N) is 5. The van der Waals surface area contributed by atoms with Crippen LogP contribution in [0.15, 0.2) is 73.2 Å². The Hall–Kier alpha value is -3.41. The van der Waals surface area contributed by atoms with Gasteiger partial charge in [0.25, 0.3) is 0 Å². The summed E-state index contributed by atoms with van der Waals surface area (Å²) in [6.45, 7) is 1.54. The van der Waals surface area contributed by atoms with Crippen molar-refractivity contribution in [3.63, 3.8) is 0 Å². The predicted molar refractivity (Wildman–Crippen MR) is 111 cm³/mol. The maximum Gasteiger partial charge on any atom is 0.226 e. The number of carbonyl (C=O) groups is 1. The van der Waals surface area contributed by atoms with Gasteiger partial charge >= 0.3 is 0 Å². The minimum atomic E-state index is 0.197. The van der Waals surface area contributed by atoms with Gasteiger partial charge in [0.15, 0.2) is 5.65 Å². The second kappa shape index (κ2) is 7.54. The number of benzene rings is 1. The van der Waals surface area contributed by atoms with Crippen molar-refractivity contribution in [2.75, 3.05) is 13.1 Å². The lowest BCUT2D eigenvalue weighted by atomic mass is 9.95. The van der Waals surface area contributed by atoms with E-state index in [9.17, 15) is 4.79 Å². The monoisotopic (exact) mass is 385 g/mol. The molecule has 0 unspecified atom stereocenters. The van der Waals surface area contributed by atoms with Gasteiger partial charge in [0, 0.05) is 43.3 Å². The Morgan fingerprint density at radius 1 is 0.897 bits per heavy atom.